The Kier molecular flexibility index (Phi) is 8.83. The predicted octanol–water partition coefficient (Wildman–Crippen LogP) is 4.78. The first-order valence-corrected chi connectivity index (χ1v) is 11.5. The number of nitrogens with zero attached hydrogens (tertiary/aromatic N) is 1. The Morgan fingerprint density at radius 2 is 1.81 bits per heavy atom. The lowest BCUT2D eigenvalue weighted by Crippen LogP contribution is -2.37. The average molecular weight is 429 g/mol. The van der Waals surface area contributed by atoms with Crippen molar-refractivity contribution < 1.29 is 19.0 Å². The number of carbonyl (C=O) groups excluding carboxylic acids is 1. The standard InChI is InChI=1S/C25H36N2O4/c1-3-30-22-15-20(16-23(31-4-2)24(22)21-11-12-21)17-27(25(26)28)13-14-29-18-19-9-7-5-6-8-10-19/h5-7,9,15-16,19,21H,3-4,8,10-14,17-18H2,1-2H3,(H2,26,28). The van der Waals surface area contributed by atoms with Gasteiger partial charge in [-0.25, -0.2) is 4.79 Å². The summed E-state index contributed by atoms with van der Waals surface area (Å²) in [7, 11) is 0. The molecule has 1 aromatic rings. The smallest absolute Gasteiger partial charge is 0.315 e. The molecule has 3 rings (SSSR count). The molecule has 1 unspecified atom stereocenters. The van der Waals surface area contributed by atoms with Crippen molar-refractivity contribution in [1.82, 2.24) is 4.90 Å². The maximum Gasteiger partial charge on any atom is 0.315 e. The monoisotopic (exact) mass is 428 g/mol. The maximum absolute atomic E-state index is 12.1. The number of ether oxygens (including phenoxy) is 3. The van der Waals surface area contributed by atoms with E-state index in [1.807, 2.05) is 26.0 Å². The second-order valence-electron chi connectivity index (χ2n) is 8.13. The van der Waals surface area contributed by atoms with Gasteiger partial charge in [-0.1, -0.05) is 24.3 Å². The molecule has 0 radical (unpaired) electrons. The lowest BCUT2D eigenvalue weighted by atomic mass is 10.0. The molecule has 2 aliphatic rings. The molecule has 170 valence electrons. The molecule has 0 heterocycles. The summed E-state index contributed by atoms with van der Waals surface area (Å²) >= 11 is 0. The number of urea groups is 1. The highest BCUT2D eigenvalue weighted by Crippen LogP contribution is 2.49. The highest BCUT2D eigenvalue weighted by molar-refractivity contribution is 5.72. The second-order valence-corrected chi connectivity index (χ2v) is 8.13. The van der Waals surface area contributed by atoms with E-state index < -0.39 is 6.03 Å². The van der Waals surface area contributed by atoms with Gasteiger partial charge in [0.15, 0.2) is 0 Å². The van der Waals surface area contributed by atoms with Crippen molar-refractivity contribution in [2.75, 3.05) is 33.0 Å². The third kappa shape index (κ3) is 7.03. The molecule has 0 aromatic heterocycles. The first-order valence-electron chi connectivity index (χ1n) is 11.5. The summed E-state index contributed by atoms with van der Waals surface area (Å²) in [6.45, 7) is 7.10. The molecule has 1 atom stereocenters. The molecule has 2 amide bonds. The van der Waals surface area contributed by atoms with Gasteiger partial charge in [-0.05, 0) is 63.1 Å². The predicted molar refractivity (Wildman–Crippen MR) is 123 cm³/mol. The average Bonchev–Trinajstić information content (AvgIpc) is 3.58. The van der Waals surface area contributed by atoms with Crippen LogP contribution in [0.25, 0.3) is 0 Å². The van der Waals surface area contributed by atoms with Crippen LogP contribution < -0.4 is 15.2 Å². The molecular weight excluding hydrogens is 392 g/mol. The first-order chi connectivity index (χ1) is 15.1. The summed E-state index contributed by atoms with van der Waals surface area (Å²) in [5, 5.41) is 0. The van der Waals surface area contributed by atoms with Gasteiger partial charge in [-0.3, -0.25) is 0 Å². The molecule has 0 saturated heterocycles. The Hall–Kier alpha value is -2.47. The number of amides is 2. The van der Waals surface area contributed by atoms with E-state index in [1.165, 1.54) is 0 Å². The summed E-state index contributed by atoms with van der Waals surface area (Å²) in [6, 6.07) is 3.60. The molecule has 0 bridgehead atoms. The van der Waals surface area contributed by atoms with Gasteiger partial charge in [0.25, 0.3) is 0 Å². The number of benzene rings is 1. The van der Waals surface area contributed by atoms with E-state index in [0.29, 0.717) is 51.4 Å². The van der Waals surface area contributed by atoms with Crippen LogP contribution >= 0.6 is 0 Å². The number of allylic oxidation sites excluding steroid dienone is 3. The van der Waals surface area contributed by atoms with Gasteiger partial charge in [-0.2, -0.15) is 0 Å². The van der Waals surface area contributed by atoms with E-state index in [-0.39, 0.29) is 0 Å². The minimum atomic E-state index is -0.454. The van der Waals surface area contributed by atoms with Crippen molar-refractivity contribution in [3.63, 3.8) is 0 Å². The van der Waals surface area contributed by atoms with Crippen molar-refractivity contribution >= 4 is 6.03 Å². The SMILES string of the molecule is CCOc1cc(CN(CCOCC2C=CC=CCC2)C(N)=O)cc(OCC)c1C1CC1. The van der Waals surface area contributed by atoms with E-state index >= 15 is 0 Å². The van der Waals surface area contributed by atoms with Gasteiger partial charge in [0.05, 0.1) is 26.4 Å². The van der Waals surface area contributed by atoms with Gasteiger partial charge < -0.3 is 24.8 Å². The largest absolute Gasteiger partial charge is 0.493 e. The number of hydrogen-bond donors (Lipinski definition) is 1. The Balaban J connectivity index is 1.62. The molecule has 1 saturated carbocycles. The molecular formula is C25H36N2O4. The number of hydrogen-bond acceptors (Lipinski definition) is 4. The number of primary amides is 1. The van der Waals surface area contributed by atoms with E-state index in [9.17, 15) is 4.79 Å². The molecule has 6 heteroatoms. The van der Waals surface area contributed by atoms with Crippen LogP contribution in [0.5, 0.6) is 11.5 Å². The maximum atomic E-state index is 12.1. The normalized spacial score (nSPS) is 17.9. The number of nitrogens with two attached hydrogens (primary N) is 1. The molecule has 0 spiro atoms. The van der Waals surface area contributed by atoms with Crippen molar-refractivity contribution in [3.05, 3.63) is 47.6 Å². The molecule has 31 heavy (non-hydrogen) atoms. The molecule has 1 aromatic carbocycles. The second kappa shape index (κ2) is 11.8. The lowest BCUT2D eigenvalue weighted by Gasteiger charge is -2.23. The number of carbonyl (C=O) groups is 1. The third-order valence-corrected chi connectivity index (χ3v) is 5.61. The summed E-state index contributed by atoms with van der Waals surface area (Å²) in [5.74, 6) is 2.64. The van der Waals surface area contributed by atoms with Gasteiger partial charge >= 0.3 is 6.03 Å². The molecule has 1 fully saturated rings. The summed E-state index contributed by atoms with van der Waals surface area (Å²) in [6.07, 6.45) is 13.0. The minimum Gasteiger partial charge on any atom is -0.493 e. The highest BCUT2D eigenvalue weighted by Gasteiger charge is 2.31. The van der Waals surface area contributed by atoms with Crippen LogP contribution in [0.1, 0.15) is 56.6 Å². The summed E-state index contributed by atoms with van der Waals surface area (Å²) < 4.78 is 17.7. The minimum absolute atomic E-state index is 0.400. The zero-order valence-electron chi connectivity index (χ0n) is 18.8. The summed E-state index contributed by atoms with van der Waals surface area (Å²) in [5.41, 5.74) is 7.77. The fourth-order valence-electron chi connectivity index (χ4n) is 3.91. The zero-order chi connectivity index (χ0) is 22.1. The van der Waals surface area contributed by atoms with Crippen molar-refractivity contribution in [2.45, 2.75) is 52.0 Å². The fraction of sp³-hybridized carbons (Fsp3) is 0.560. The van der Waals surface area contributed by atoms with Crippen LogP contribution in [0.4, 0.5) is 4.79 Å². The van der Waals surface area contributed by atoms with Crippen LogP contribution in [-0.2, 0) is 11.3 Å². The topological polar surface area (TPSA) is 74.0 Å². The molecule has 6 nitrogen and oxygen atoms in total. The van der Waals surface area contributed by atoms with Gasteiger partial charge in [0, 0.05) is 24.6 Å². The zero-order valence-corrected chi connectivity index (χ0v) is 18.8. The van der Waals surface area contributed by atoms with E-state index in [0.717, 1.165) is 48.3 Å². The Bertz CT molecular complexity index is 759. The van der Waals surface area contributed by atoms with Crippen molar-refractivity contribution in [2.24, 2.45) is 11.7 Å². The van der Waals surface area contributed by atoms with Crippen molar-refractivity contribution in [3.8, 4) is 11.5 Å². The lowest BCUT2D eigenvalue weighted by molar-refractivity contribution is 0.0915. The van der Waals surface area contributed by atoms with Gasteiger partial charge in [-0.15, -0.1) is 0 Å². The van der Waals surface area contributed by atoms with Crippen LogP contribution in [0.15, 0.2) is 36.4 Å². The van der Waals surface area contributed by atoms with E-state index in [4.69, 9.17) is 19.9 Å². The van der Waals surface area contributed by atoms with E-state index in [2.05, 4.69) is 24.3 Å². The molecule has 0 aliphatic heterocycles. The Morgan fingerprint density at radius 1 is 1.10 bits per heavy atom. The summed E-state index contributed by atoms with van der Waals surface area (Å²) in [4.78, 5) is 13.7. The quantitative estimate of drug-likeness (QED) is 0.486. The van der Waals surface area contributed by atoms with Crippen LogP contribution in [0.2, 0.25) is 0 Å². The van der Waals surface area contributed by atoms with Gasteiger partial charge in [0.1, 0.15) is 11.5 Å². The highest BCUT2D eigenvalue weighted by atomic mass is 16.5. The van der Waals surface area contributed by atoms with Crippen LogP contribution in [-0.4, -0.2) is 43.9 Å². The van der Waals surface area contributed by atoms with E-state index in [1.54, 1.807) is 4.90 Å². The van der Waals surface area contributed by atoms with Crippen molar-refractivity contribution in [1.29, 1.82) is 0 Å². The van der Waals surface area contributed by atoms with Crippen LogP contribution in [0.3, 0.4) is 0 Å². The number of rotatable bonds is 12. The van der Waals surface area contributed by atoms with Crippen LogP contribution in [0, 0.1) is 5.92 Å². The first kappa shape index (κ1) is 23.2. The Morgan fingerprint density at radius 3 is 2.42 bits per heavy atom. The molecule has 2 N–H and O–H groups in total. The Labute approximate surface area is 186 Å². The molecule has 2 aliphatic carbocycles. The third-order valence-electron chi connectivity index (χ3n) is 5.61. The van der Waals surface area contributed by atoms with Gasteiger partial charge in [0.2, 0.25) is 0 Å². The fourth-order valence-corrected chi connectivity index (χ4v) is 3.91.